The molecule has 0 radical (unpaired) electrons. The molecule has 0 saturated carbocycles. The molecule has 73 heavy (non-hydrogen) atoms. The molecule has 0 fully saturated rings. The van der Waals surface area contributed by atoms with E-state index in [-0.39, 0.29) is 20.1 Å². The summed E-state index contributed by atoms with van der Waals surface area (Å²) in [5, 5.41) is 9.75. The fourth-order valence-electron chi connectivity index (χ4n) is 9.88. The van der Waals surface area contributed by atoms with Gasteiger partial charge in [0.15, 0.2) is 0 Å². The van der Waals surface area contributed by atoms with Gasteiger partial charge in [0, 0.05) is 28.7 Å². The molecular weight excluding hydrogens is 1070 g/mol. The Labute approximate surface area is 440 Å². The van der Waals surface area contributed by atoms with E-state index in [0.29, 0.717) is 0 Å². The largest absolute Gasteiger partial charge is 3.00 e. The van der Waals surface area contributed by atoms with E-state index in [1.165, 1.54) is 11.1 Å². The SMILES string of the molecule is Cc1c(-c2ccccc2-c2cc(-c3ccccc3-c3ccc(-c4[c-]ccc(-c5ccc(-c6ccccc6)cc5)c4)nc3)cc(-c3ccccc3-c3cnn(-c4[c-]cccc4)c3C)c2)cnn1-c1[c-]cccc1.[Ir+3]. The molecule has 12 rings (SSSR count). The van der Waals surface area contributed by atoms with Crippen molar-refractivity contribution in [2.24, 2.45) is 0 Å². The molecule has 0 saturated heterocycles. The van der Waals surface area contributed by atoms with Crippen LogP contribution in [-0.2, 0) is 20.1 Å². The maximum absolute atomic E-state index is 5.08. The van der Waals surface area contributed by atoms with Crippen molar-refractivity contribution in [1.82, 2.24) is 24.5 Å². The maximum Gasteiger partial charge on any atom is 3.00 e. The minimum absolute atomic E-state index is 0. The van der Waals surface area contributed by atoms with E-state index in [9.17, 15) is 0 Å². The first-order valence-electron chi connectivity index (χ1n) is 24.2. The number of benzene rings is 9. The van der Waals surface area contributed by atoms with Crippen LogP contribution in [0.25, 0.3) is 112 Å². The molecule has 0 bridgehead atoms. The third-order valence-electron chi connectivity index (χ3n) is 13.6. The zero-order valence-electron chi connectivity index (χ0n) is 40.2. The Morgan fingerprint density at radius 3 is 1.22 bits per heavy atom. The Hall–Kier alpha value is -8.80. The zero-order chi connectivity index (χ0) is 48.4. The van der Waals surface area contributed by atoms with Crippen LogP contribution in [-0.4, -0.2) is 24.5 Å². The summed E-state index contributed by atoms with van der Waals surface area (Å²) in [7, 11) is 0. The summed E-state index contributed by atoms with van der Waals surface area (Å²) in [6.07, 6.45) is 5.94. The van der Waals surface area contributed by atoms with Crippen LogP contribution in [0.15, 0.2) is 243 Å². The molecule has 0 atom stereocenters. The molecule has 12 aromatic rings. The van der Waals surface area contributed by atoms with Crippen molar-refractivity contribution in [1.29, 1.82) is 0 Å². The van der Waals surface area contributed by atoms with Gasteiger partial charge in [0.05, 0.1) is 12.4 Å². The van der Waals surface area contributed by atoms with Crippen LogP contribution in [0.4, 0.5) is 0 Å². The Balaban J connectivity index is 0.00000574. The molecule has 348 valence electrons. The quantitative estimate of drug-likeness (QED) is 0.121. The van der Waals surface area contributed by atoms with Gasteiger partial charge in [0.2, 0.25) is 0 Å². The number of aromatic nitrogens is 5. The molecule has 0 amide bonds. The van der Waals surface area contributed by atoms with E-state index in [2.05, 4.69) is 196 Å². The standard InChI is InChI=1S/C67H46N5.Ir/c1-46-65(44-69-71(46)57-23-8-4-9-24-57)63-31-16-14-29-61(63)55-40-54(41-56(42-55)62-30-15-17-32-64(62)66-45-70-72(47(66)2)58-25-10-5-11-26-58)60-28-13-12-27-59(60)53-37-38-67(68-43-53)52-22-18-21-51(39-52)50-35-33-49(34-36-50)48-19-6-3-7-20-48;/h3-21,23,25,27-45H,1-2H3;/q-3;+3. The van der Waals surface area contributed by atoms with Crippen LogP contribution in [0, 0.1) is 32.0 Å². The van der Waals surface area contributed by atoms with Gasteiger partial charge < -0.3 is 4.98 Å². The predicted molar refractivity (Wildman–Crippen MR) is 293 cm³/mol. The summed E-state index contributed by atoms with van der Waals surface area (Å²) in [4.78, 5) is 5.08. The van der Waals surface area contributed by atoms with E-state index < -0.39 is 0 Å². The first-order chi connectivity index (χ1) is 35.5. The Morgan fingerprint density at radius 2 is 0.740 bits per heavy atom. The molecule has 0 aliphatic carbocycles. The average Bonchev–Trinajstić information content (AvgIpc) is 4.05. The first-order valence-corrected chi connectivity index (χ1v) is 24.2. The fourth-order valence-corrected chi connectivity index (χ4v) is 9.88. The summed E-state index contributed by atoms with van der Waals surface area (Å²) in [6.45, 7) is 4.26. The van der Waals surface area contributed by atoms with Gasteiger partial charge in [-0.1, -0.05) is 140 Å². The van der Waals surface area contributed by atoms with Crippen molar-refractivity contribution >= 4 is 0 Å². The van der Waals surface area contributed by atoms with Gasteiger partial charge >= 0.3 is 20.1 Å². The van der Waals surface area contributed by atoms with E-state index in [1.54, 1.807) is 0 Å². The van der Waals surface area contributed by atoms with Crippen molar-refractivity contribution in [3.8, 4) is 112 Å². The normalized spacial score (nSPS) is 11.0. The van der Waals surface area contributed by atoms with Gasteiger partial charge in [-0.25, -0.2) is 0 Å². The van der Waals surface area contributed by atoms with Crippen LogP contribution in [0.2, 0.25) is 0 Å². The summed E-state index contributed by atoms with van der Waals surface area (Å²) >= 11 is 0. The van der Waals surface area contributed by atoms with Crippen LogP contribution >= 0.6 is 0 Å². The van der Waals surface area contributed by atoms with Crippen LogP contribution in [0.3, 0.4) is 0 Å². The van der Waals surface area contributed by atoms with Gasteiger partial charge in [-0.3, -0.25) is 9.36 Å². The molecule has 3 aromatic heterocycles. The maximum atomic E-state index is 5.08. The molecule has 3 heterocycles. The average molecular weight is 1110 g/mol. The second kappa shape index (κ2) is 20.5. The van der Waals surface area contributed by atoms with Gasteiger partial charge in [0.25, 0.3) is 0 Å². The fraction of sp³-hybridized carbons (Fsp3) is 0.0299. The summed E-state index contributed by atoms with van der Waals surface area (Å²) in [5.41, 5.74) is 23.4. The van der Waals surface area contributed by atoms with Crippen LogP contribution < -0.4 is 0 Å². The monoisotopic (exact) mass is 1110 g/mol. The third-order valence-corrected chi connectivity index (χ3v) is 13.6. The van der Waals surface area contributed by atoms with Gasteiger partial charge in [-0.15, -0.1) is 47.5 Å². The van der Waals surface area contributed by atoms with Crippen molar-refractivity contribution in [2.45, 2.75) is 13.8 Å². The van der Waals surface area contributed by atoms with Crippen molar-refractivity contribution in [3.63, 3.8) is 0 Å². The second-order valence-corrected chi connectivity index (χ2v) is 17.9. The van der Waals surface area contributed by atoms with Crippen molar-refractivity contribution < 1.29 is 20.1 Å². The number of rotatable bonds is 11. The minimum atomic E-state index is 0. The molecule has 0 unspecified atom stereocenters. The van der Waals surface area contributed by atoms with Crippen molar-refractivity contribution in [2.75, 3.05) is 0 Å². The number of para-hydroxylation sites is 2. The molecular formula is C67H46IrN5. The van der Waals surface area contributed by atoms with Gasteiger partial charge in [-0.05, 0) is 121 Å². The first kappa shape index (κ1) is 46.6. The Kier molecular flexibility index (Phi) is 13.1. The minimum Gasteiger partial charge on any atom is -0.304 e. The van der Waals surface area contributed by atoms with Gasteiger partial charge in [-0.2, -0.15) is 58.7 Å². The molecule has 0 spiro atoms. The number of hydrogen-bond acceptors (Lipinski definition) is 3. The third kappa shape index (κ3) is 9.22. The zero-order valence-corrected chi connectivity index (χ0v) is 42.6. The molecule has 6 heteroatoms. The number of nitrogens with zero attached hydrogens (tertiary/aromatic N) is 5. The molecule has 0 aliphatic heterocycles. The topological polar surface area (TPSA) is 48.5 Å². The predicted octanol–water partition coefficient (Wildman–Crippen LogP) is 16.5. The number of hydrogen-bond donors (Lipinski definition) is 0. The van der Waals surface area contributed by atoms with E-state index in [1.807, 2.05) is 88.6 Å². The molecule has 0 N–H and O–H groups in total. The van der Waals surface area contributed by atoms with Crippen LogP contribution in [0.5, 0.6) is 0 Å². The summed E-state index contributed by atoms with van der Waals surface area (Å²) in [5.74, 6) is 0. The van der Waals surface area contributed by atoms with Gasteiger partial charge in [0.1, 0.15) is 0 Å². The smallest absolute Gasteiger partial charge is 0.304 e. The van der Waals surface area contributed by atoms with E-state index in [4.69, 9.17) is 15.2 Å². The molecule has 0 aliphatic rings. The Bertz CT molecular complexity index is 3710. The van der Waals surface area contributed by atoms with Crippen molar-refractivity contribution in [3.05, 3.63) is 273 Å². The second-order valence-electron chi connectivity index (χ2n) is 17.9. The number of pyridine rings is 1. The molecule has 9 aromatic carbocycles. The van der Waals surface area contributed by atoms with E-state index in [0.717, 1.165) is 112 Å². The summed E-state index contributed by atoms with van der Waals surface area (Å²) in [6, 6.07) is 88.8. The molecule has 5 nitrogen and oxygen atoms in total. The van der Waals surface area contributed by atoms with Crippen LogP contribution in [0.1, 0.15) is 11.4 Å². The summed E-state index contributed by atoms with van der Waals surface area (Å²) < 4.78 is 3.93. The Morgan fingerprint density at radius 1 is 0.315 bits per heavy atom. The van der Waals surface area contributed by atoms with E-state index >= 15 is 0 Å².